The predicted octanol–water partition coefficient (Wildman–Crippen LogP) is 3.84. The van der Waals surface area contributed by atoms with E-state index >= 15 is 0 Å². The molecule has 0 fully saturated rings. The highest BCUT2D eigenvalue weighted by Crippen LogP contribution is 2.21. The summed E-state index contributed by atoms with van der Waals surface area (Å²) in [6.07, 6.45) is 0.525. The van der Waals surface area contributed by atoms with Crippen molar-refractivity contribution < 1.29 is 9.18 Å². The van der Waals surface area contributed by atoms with E-state index in [1.807, 2.05) is 18.4 Å². The van der Waals surface area contributed by atoms with Crippen molar-refractivity contribution in [2.75, 3.05) is 6.54 Å². The summed E-state index contributed by atoms with van der Waals surface area (Å²) in [6, 6.07) is 6.24. The van der Waals surface area contributed by atoms with Gasteiger partial charge in [0, 0.05) is 19.0 Å². The Morgan fingerprint density at radius 2 is 2.03 bits per heavy atom. The molecular weight excluding hydrogens is 415 g/mol. The first-order valence-electron chi connectivity index (χ1n) is 9.19. The molecule has 0 atom stereocenters. The second-order valence-electron chi connectivity index (χ2n) is 6.95. The second-order valence-corrected chi connectivity index (χ2v) is 7.69. The quantitative estimate of drug-likeness (QED) is 0.551. The predicted molar refractivity (Wildman–Crippen MR) is 111 cm³/mol. The van der Waals surface area contributed by atoms with Crippen molar-refractivity contribution in [2.45, 2.75) is 39.8 Å². The number of hydrogen-bond acceptors (Lipinski definition) is 4. The Hall–Kier alpha value is -2.52. The van der Waals surface area contributed by atoms with Crippen LogP contribution < -0.4 is 5.32 Å². The van der Waals surface area contributed by atoms with E-state index in [0.29, 0.717) is 35.5 Å². The van der Waals surface area contributed by atoms with Gasteiger partial charge in [-0.15, -0.1) is 0 Å². The van der Waals surface area contributed by atoms with Crippen LogP contribution in [-0.2, 0) is 13.0 Å². The number of aromatic nitrogens is 5. The zero-order chi connectivity index (χ0) is 21.1. The Morgan fingerprint density at radius 1 is 1.34 bits per heavy atom. The van der Waals surface area contributed by atoms with Crippen LogP contribution in [0.15, 0.2) is 24.3 Å². The van der Waals surface area contributed by atoms with E-state index < -0.39 is 0 Å². The third kappa shape index (κ3) is 4.73. The number of nitrogens with zero attached hydrogens (tertiary/aromatic N) is 4. The highest BCUT2D eigenvalue weighted by atomic mass is 35.5. The SMILES string of the molecule is Cc1nn(Cc2ccc(F)cc2)c(Cl)c1C(=O)NCCc1n[nH]c(=S)n1C(C)C. The number of rotatable bonds is 7. The van der Waals surface area contributed by atoms with Gasteiger partial charge in [-0.3, -0.25) is 9.89 Å². The number of H-pyrrole nitrogens is 1. The van der Waals surface area contributed by atoms with Crippen molar-refractivity contribution >= 4 is 29.7 Å². The zero-order valence-corrected chi connectivity index (χ0v) is 17.9. The Balaban J connectivity index is 1.67. The minimum atomic E-state index is -0.310. The average molecular weight is 437 g/mol. The molecule has 0 aliphatic rings. The number of carbonyl (C=O) groups is 1. The molecule has 0 radical (unpaired) electrons. The summed E-state index contributed by atoms with van der Waals surface area (Å²) in [4.78, 5) is 12.7. The highest BCUT2D eigenvalue weighted by molar-refractivity contribution is 7.71. The molecule has 7 nitrogen and oxygen atoms in total. The summed E-state index contributed by atoms with van der Waals surface area (Å²) in [5.74, 6) is 0.165. The van der Waals surface area contributed by atoms with Gasteiger partial charge in [-0.1, -0.05) is 23.7 Å². The van der Waals surface area contributed by atoms with Gasteiger partial charge >= 0.3 is 0 Å². The van der Waals surface area contributed by atoms with Gasteiger partial charge in [-0.05, 0) is 50.7 Å². The maximum absolute atomic E-state index is 13.1. The van der Waals surface area contributed by atoms with Gasteiger partial charge in [0.2, 0.25) is 0 Å². The lowest BCUT2D eigenvalue weighted by Gasteiger charge is -2.10. The molecule has 0 bridgehead atoms. The first kappa shape index (κ1) is 21.2. The zero-order valence-electron chi connectivity index (χ0n) is 16.4. The van der Waals surface area contributed by atoms with Gasteiger partial charge in [-0.25, -0.2) is 9.07 Å². The molecule has 0 aliphatic carbocycles. The third-order valence-corrected chi connectivity index (χ3v) is 5.14. The topological polar surface area (TPSA) is 80.5 Å². The van der Waals surface area contributed by atoms with Crippen LogP contribution in [0, 0.1) is 17.5 Å². The Morgan fingerprint density at radius 3 is 2.69 bits per heavy atom. The maximum Gasteiger partial charge on any atom is 0.256 e. The number of benzene rings is 1. The lowest BCUT2D eigenvalue weighted by atomic mass is 10.2. The van der Waals surface area contributed by atoms with E-state index in [0.717, 1.165) is 11.4 Å². The Labute approximate surface area is 177 Å². The molecule has 0 aliphatic heterocycles. The normalized spacial score (nSPS) is 11.2. The van der Waals surface area contributed by atoms with Gasteiger partial charge in [0.1, 0.15) is 16.8 Å². The van der Waals surface area contributed by atoms with Crippen LogP contribution in [-0.4, -0.2) is 37.0 Å². The van der Waals surface area contributed by atoms with E-state index in [9.17, 15) is 9.18 Å². The summed E-state index contributed by atoms with van der Waals surface area (Å²) in [5, 5.41) is 14.5. The molecule has 1 aromatic carbocycles. The van der Waals surface area contributed by atoms with Crippen LogP contribution in [0.4, 0.5) is 4.39 Å². The van der Waals surface area contributed by atoms with Gasteiger partial charge in [0.25, 0.3) is 5.91 Å². The Bertz CT molecular complexity index is 1070. The molecule has 0 saturated carbocycles. The number of aromatic amines is 1. The van der Waals surface area contributed by atoms with E-state index in [1.165, 1.54) is 16.8 Å². The fourth-order valence-corrected chi connectivity index (χ4v) is 3.78. The highest BCUT2D eigenvalue weighted by Gasteiger charge is 2.20. The maximum atomic E-state index is 13.1. The van der Waals surface area contributed by atoms with E-state index in [4.69, 9.17) is 23.8 Å². The third-order valence-electron chi connectivity index (χ3n) is 4.47. The number of hydrogen-bond donors (Lipinski definition) is 2. The van der Waals surface area contributed by atoms with Crippen molar-refractivity contribution in [1.82, 2.24) is 29.9 Å². The van der Waals surface area contributed by atoms with Gasteiger partial charge in [-0.2, -0.15) is 10.2 Å². The summed E-state index contributed by atoms with van der Waals surface area (Å²) in [5.41, 5.74) is 1.69. The van der Waals surface area contributed by atoms with Crippen LogP contribution in [0.3, 0.4) is 0 Å². The molecule has 2 heterocycles. The molecule has 2 N–H and O–H groups in total. The molecule has 3 aromatic rings. The molecule has 154 valence electrons. The molecule has 3 rings (SSSR count). The van der Waals surface area contributed by atoms with Crippen LogP contribution >= 0.6 is 23.8 Å². The van der Waals surface area contributed by atoms with Gasteiger partial charge in [0.05, 0.1) is 17.8 Å². The average Bonchev–Trinajstić information content (AvgIpc) is 3.16. The molecule has 1 amide bonds. The van der Waals surface area contributed by atoms with Crippen molar-refractivity contribution in [2.24, 2.45) is 0 Å². The fourth-order valence-electron chi connectivity index (χ4n) is 3.10. The summed E-state index contributed by atoms with van der Waals surface area (Å²) >= 11 is 11.6. The summed E-state index contributed by atoms with van der Waals surface area (Å²) in [7, 11) is 0. The number of nitrogens with one attached hydrogen (secondary N) is 2. The fraction of sp³-hybridized carbons (Fsp3) is 0.368. The number of aryl methyl sites for hydroxylation is 1. The lowest BCUT2D eigenvalue weighted by Crippen LogP contribution is -2.27. The molecule has 0 unspecified atom stereocenters. The monoisotopic (exact) mass is 436 g/mol. The van der Waals surface area contributed by atoms with E-state index in [-0.39, 0.29) is 22.9 Å². The van der Waals surface area contributed by atoms with Crippen molar-refractivity contribution in [1.29, 1.82) is 0 Å². The van der Waals surface area contributed by atoms with E-state index in [1.54, 1.807) is 19.1 Å². The first-order chi connectivity index (χ1) is 13.8. The molecule has 0 spiro atoms. The number of amides is 1. The standard InChI is InChI=1S/C19H22ClFN6OS/c1-11(2)27-15(23-24-19(27)29)8-9-22-18(28)16-12(3)25-26(17(16)20)10-13-4-6-14(21)7-5-13/h4-7,11H,8-10H2,1-3H3,(H,22,28)(H,24,29). The van der Waals surface area contributed by atoms with Crippen LogP contribution in [0.25, 0.3) is 0 Å². The van der Waals surface area contributed by atoms with E-state index in [2.05, 4.69) is 20.6 Å². The summed E-state index contributed by atoms with van der Waals surface area (Å²) in [6.45, 7) is 6.49. The van der Waals surface area contributed by atoms with Crippen LogP contribution in [0.2, 0.25) is 5.15 Å². The molecular formula is C19H22ClFN6OS. The largest absolute Gasteiger partial charge is 0.351 e. The lowest BCUT2D eigenvalue weighted by molar-refractivity contribution is 0.0953. The number of carbonyl (C=O) groups excluding carboxylic acids is 1. The van der Waals surface area contributed by atoms with Crippen molar-refractivity contribution in [3.8, 4) is 0 Å². The molecule has 29 heavy (non-hydrogen) atoms. The van der Waals surface area contributed by atoms with Crippen LogP contribution in [0.5, 0.6) is 0 Å². The Kier molecular flexibility index (Phi) is 6.49. The van der Waals surface area contributed by atoms with Crippen LogP contribution in [0.1, 0.15) is 47.3 Å². The van der Waals surface area contributed by atoms with Crippen molar-refractivity contribution in [3.05, 3.63) is 62.7 Å². The molecule has 0 saturated heterocycles. The van der Waals surface area contributed by atoms with Gasteiger partial charge in [0.15, 0.2) is 4.77 Å². The van der Waals surface area contributed by atoms with Gasteiger partial charge < -0.3 is 9.88 Å². The molecule has 10 heteroatoms. The minimum Gasteiger partial charge on any atom is -0.351 e. The number of halogens is 2. The minimum absolute atomic E-state index is 0.174. The smallest absolute Gasteiger partial charge is 0.256 e. The molecule has 2 aromatic heterocycles. The first-order valence-corrected chi connectivity index (χ1v) is 9.98. The second kappa shape index (κ2) is 8.87. The van der Waals surface area contributed by atoms with Crippen molar-refractivity contribution in [3.63, 3.8) is 0 Å². The summed E-state index contributed by atoms with van der Waals surface area (Å²) < 4.78 is 17.1.